The number of alkyl halides is 3. The molecule has 1 aromatic rings. The Kier molecular flexibility index (Phi) is 4.81. The number of nitrogens with zero attached hydrogens (tertiary/aromatic N) is 1. The number of likely N-dealkylation sites (tertiary alicyclic amines) is 1. The third kappa shape index (κ3) is 4.36. The molecule has 0 spiro atoms. The number of nitrogens with one attached hydrogen (secondary N) is 1. The molecule has 0 aromatic heterocycles. The number of piperidine rings is 1. The molecule has 0 radical (unpaired) electrons. The van der Waals surface area contributed by atoms with Crippen molar-refractivity contribution in [1.29, 1.82) is 0 Å². The first-order chi connectivity index (χ1) is 11.8. The summed E-state index contributed by atoms with van der Waals surface area (Å²) < 4.78 is 48.9. The first kappa shape index (κ1) is 17.8. The molecule has 138 valence electrons. The summed E-state index contributed by atoms with van der Waals surface area (Å²) in [6.45, 7) is 3.92. The van der Waals surface area contributed by atoms with Gasteiger partial charge in [0.25, 0.3) is 0 Å². The van der Waals surface area contributed by atoms with Crippen LogP contribution in [0.25, 0.3) is 0 Å². The highest BCUT2D eigenvalue weighted by molar-refractivity contribution is 5.82. The maximum absolute atomic E-state index is 12.4. The Morgan fingerprint density at radius 3 is 2.56 bits per heavy atom. The lowest BCUT2D eigenvalue weighted by Gasteiger charge is -2.41. The zero-order chi connectivity index (χ0) is 18.1. The minimum Gasteiger partial charge on any atom is -0.486 e. The highest BCUT2D eigenvalue weighted by Gasteiger charge is 2.43. The summed E-state index contributed by atoms with van der Waals surface area (Å²) in [6, 6.07) is 7.45. The first-order valence-electron chi connectivity index (χ1n) is 8.25. The fourth-order valence-electron chi connectivity index (χ4n) is 3.14. The molecule has 1 fully saturated rings. The molecule has 1 saturated heterocycles. The molecule has 0 saturated carbocycles. The van der Waals surface area contributed by atoms with Gasteiger partial charge in [0.15, 0.2) is 11.5 Å². The van der Waals surface area contributed by atoms with Crippen LogP contribution >= 0.6 is 0 Å². The molecule has 25 heavy (non-hydrogen) atoms. The third-order valence-electron chi connectivity index (χ3n) is 4.66. The van der Waals surface area contributed by atoms with E-state index in [4.69, 9.17) is 9.47 Å². The minimum atomic E-state index is -4.85. The third-order valence-corrected chi connectivity index (χ3v) is 4.66. The molecular formula is C17H21F3N2O3. The molecule has 8 heteroatoms. The van der Waals surface area contributed by atoms with Crippen molar-refractivity contribution in [3.05, 3.63) is 24.3 Å². The van der Waals surface area contributed by atoms with Crippen LogP contribution in [0.15, 0.2) is 24.3 Å². The monoisotopic (exact) mass is 358 g/mol. The van der Waals surface area contributed by atoms with Gasteiger partial charge in [-0.1, -0.05) is 12.1 Å². The molecule has 0 bridgehead atoms. The maximum atomic E-state index is 12.4. The zero-order valence-corrected chi connectivity index (χ0v) is 13.9. The van der Waals surface area contributed by atoms with Crippen LogP contribution in [0.1, 0.15) is 19.8 Å². The molecule has 2 heterocycles. The van der Waals surface area contributed by atoms with Gasteiger partial charge in [-0.05, 0) is 31.9 Å². The summed E-state index contributed by atoms with van der Waals surface area (Å²) in [5.41, 5.74) is -0.834. The van der Waals surface area contributed by atoms with Gasteiger partial charge in [0, 0.05) is 25.2 Å². The fraction of sp³-hybridized carbons (Fsp3) is 0.588. The molecule has 0 aliphatic carbocycles. The van der Waals surface area contributed by atoms with Gasteiger partial charge in [-0.3, -0.25) is 9.69 Å². The Labute approximate surface area is 144 Å². The number of rotatable bonds is 3. The number of carbonyl (C=O) groups excluding carboxylic acids is 1. The minimum absolute atomic E-state index is 0.121. The summed E-state index contributed by atoms with van der Waals surface area (Å²) in [7, 11) is 0. The van der Waals surface area contributed by atoms with Crippen molar-refractivity contribution in [2.45, 2.75) is 37.6 Å². The van der Waals surface area contributed by atoms with Gasteiger partial charge in [-0.2, -0.15) is 13.2 Å². The number of benzene rings is 1. The quantitative estimate of drug-likeness (QED) is 0.901. The SMILES string of the molecule is CC1(NC(=O)C(F)(F)F)CCN(CC2COc3ccccc3O2)CC1. The predicted octanol–water partition coefficient (Wildman–Crippen LogP) is 2.36. The highest BCUT2D eigenvalue weighted by atomic mass is 19.4. The van der Waals surface area contributed by atoms with Crippen LogP contribution in [0.4, 0.5) is 13.2 Å². The van der Waals surface area contributed by atoms with Gasteiger partial charge in [0.2, 0.25) is 0 Å². The van der Waals surface area contributed by atoms with Gasteiger partial charge < -0.3 is 14.8 Å². The van der Waals surface area contributed by atoms with E-state index in [-0.39, 0.29) is 6.10 Å². The number of fused-ring (bicyclic) bond motifs is 1. The van der Waals surface area contributed by atoms with Crippen LogP contribution in [0.5, 0.6) is 11.5 Å². The van der Waals surface area contributed by atoms with Crippen molar-refractivity contribution in [3.8, 4) is 11.5 Å². The average Bonchev–Trinajstić information content (AvgIpc) is 2.56. The number of ether oxygens (including phenoxy) is 2. The molecule has 2 aliphatic heterocycles. The van der Waals surface area contributed by atoms with E-state index in [9.17, 15) is 18.0 Å². The van der Waals surface area contributed by atoms with E-state index >= 15 is 0 Å². The molecule has 2 aliphatic rings. The average molecular weight is 358 g/mol. The number of halogens is 3. The van der Waals surface area contributed by atoms with Gasteiger partial charge >= 0.3 is 12.1 Å². The Hall–Kier alpha value is -1.96. The van der Waals surface area contributed by atoms with E-state index in [0.29, 0.717) is 44.8 Å². The summed E-state index contributed by atoms with van der Waals surface area (Å²) in [5, 5.41) is 2.13. The molecular weight excluding hydrogens is 337 g/mol. The number of amides is 1. The number of para-hydroxylation sites is 2. The van der Waals surface area contributed by atoms with E-state index in [0.717, 1.165) is 5.75 Å². The lowest BCUT2D eigenvalue weighted by molar-refractivity contribution is -0.176. The first-order valence-corrected chi connectivity index (χ1v) is 8.25. The van der Waals surface area contributed by atoms with Gasteiger partial charge in [0.1, 0.15) is 12.7 Å². The lowest BCUT2D eigenvalue weighted by Crippen LogP contribution is -2.57. The largest absolute Gasteiger partial charge is 0.486 e. The van der Waals surface area contributed by atoms with E-state index in [1.54, 1.807) is 6.92 Å². The summed E-state index contributed by atoms with van der Waals surface area (Å²) >= 11 is 0. The Bertz CT molecular complexity index is 628. The van der Waals surface area contributed by atoms with Gasteiger partial charge in [-0.25, -0.2) is 0 Å². The zero-order valence-electron chi connectivity index (χ0n) is 13.9. The van der Waals surface area contributed by atoms with Crippen molar-refractivity contribution < 1.29 is 27.4 Å². The topological polar surface area (TPSA) is 50.8 Å². The van der Waals surface area contributed by atoms with Crippen molar-refractivity contribution in [3.63, 3.8) is 0 Å². The van der Waals surface area contributed by atoms with E-state index in [1.807, 2.05) is 24.3 Å². The van der Waals surface area contributed by atoms with Crippen molar-refractivity contribution >= 4 is 5.91 Å². The second kappa shape index (κ2) is 6.74. The Balaban J connectivity index is 1.49. The van der Waals surface area contributed by atoms with Crippen molar-refractivity contribution in [2.75, 3.05) is 26.2 Å². The summed E-state index contributed by atoms with van der Waals surface area (Å²) in [5.74, 6) is -0.443. The fourth-order valence-corrected chi connectivity index (χ4v) is 3.14. The van der Waals surface area contributed by atoms with Crippen LogP contribution < -0.4 is 14.8 Å². The molecule has 5 nitrogen and oxygen atoms in total. The smallest absolute Gasteiger partial charge is 0.471 e. The van der Waals surface area contributed by atoms with Crippen LogP contribution in [-0.2, 0) is 4.79 Å². The molecule has 1 unspecified atom stereocenters. The van der Waals surface area contributed by atoms with E-state index in [2.05, 4.69) is 10.2 Å². The summed E-state index contributed by atoms with van der Waals surface area (Å²) in [6.07, 6.45) is -4.05. The molecule has 1 aromatic carbocycles. The molecule has 1 amide bonds. The van der Waals surface area contributed by atoms with Crippen LogP contribution in [0, 0.1) is 0 Å². The van der Waals surface area contributed by atoms with Gasteiger partial charge in [0.05, 0.1) is 0 Å². The molecule has 1 atom stereocenters. The Morgan fingerprint density at radius 2 is 1.92 bits per heavy atom. The van der Waals surface area contributed by atoms with Crippen molar-refractivity contribution in [2.24, 2.45) is 0 Å². The molecule has 1 N–H and O–H groups in total. The second-order valence-corrected chi connectivity index (χ2v) is 6.81. The normalized spacial score (nSPS) is 23.1. The standard InChI is InChI=1S/C17H21F3N2O3/c1-16(21-15(23)17(18,19)20)6-8-22(9-7-16)10-12-11-24-13-4-2-3-5-14(13)25-12/h2-5,12H,6-11H2,1H3,(H,21,23). The van der Waals surface area contributed by atoms with Crippen LogP contribution in [0.3, 0.4) is 0 Å². The maximum Gasteiger partial charge on any atom is 0.471 e. The van der Waals surface area contributed by atoms with Crippen molar-refractivity contribution in [1.82, 2.24) is 10.2 Å². The number of hydrogen-bond acceptors (Lipinski definition) is 4. The van der Waals surface area contributed by atoms with Crippen LogP contribution in [-0.4, -0.2) is 54.9 Å². The summed E-state index contributed by atoms with van der Waals surface area (Å²) in [4.78, 5) is 13.3. The van der Waals surface area contributed by atoms with Gasteiger partial charge in [-0.15, -0.1) is 0 Å². The second-order valence-electron chi connectivity index (χ2n) is 6.81. The molecule has 3 rings (SSSR count). The van der Waals surface area contributed by atoms with Crippen LogP contribution in [0.2, 0.25) is 0 Å². The Morgan fingerprint density at radius 1 is 1.28 bits per heavy atom. The lowest BCUT2D eigenvalue weighted by atomic mass is 9.89. The number of carbonyl (C=O) groups is 1. The van der Waals surface area contributed by atoms with E-state index in [1.165, 1.54) is 0 Å². The predicted molar refractivity (Wildman–Crippen MR) is 84.6 cm³/mol. The van der Waals surface area contributed by atoms with E-state index < -0.39 is 17.6 Å². The number of hydrogen-bond donors (Lipinski definition) is 1. The highest BCUT2D eigenvalue weighted by Crippen LogP contribution is 2.31.